The van der Waals surface area contributed by atoms with E-state index < -0.39 is 0 Å². The van der Waals surface area contributed by atoms with Gasteiger partial charge < -0.3 is 0 Å². The highest BCUT2D eigenvalue weighted by Crippen LogP contribution is 2.29. The van der Waals surface area contributed by atoms with Gasteiger partial charge in [0.1, 0.15) is 6.07 Å². The number of likely N-dealkylation sites (N-methyl/N-ethyl adjacent to an activating group) is 1. The van der Waals surface area contributed by atoms with E-state index in [0.717, 1.165) is 59.3 Å². The second-order valence-corrected chi connectivity index (χ2v) is 5.62. The summed E-state index contributed by atoms with van der Waals surface area (Å²) < 4.78 is 0. The molecule has 0 bridgehead atoms. The van der Waals surface area contributed by atoms with E-state index in [4.69, 9.17) is 4.98 Å². The summed E-state index contributed by atoms with van der Waals surface area (Å²) in [6.45, 7) is 9.24. The van der Waals surface area contributed by atoms with Crippen LogP contribution in [0.2, 0.25) is 0 Å². The first-order chi connectivity index (χ1) is 9.63. The van der Waals surface area contributed by atoms with Crippen LogP contribution in [0, 0.1) is 25.2 Å². The molecule has 0 aliphatic carbocycles. The van der Waals surface area contributed by atoms with Crippen molar-refractivity contribution in [3.8, 4) is 6.07 Å². The van der Waals surface area contributed by atoms with Crippen LogP contribution in [-0.4, -0.2) is 23.0 Å². The Hall–Kier alpha value is -1.92. The number of aryl methyl sites for hydroxylation is 2. The summed E-state index contributed by atoms with van der Waals surface area (Å²) in [5.41, 5.74) is 6.43. The van der Waals surface area contributed by atoms with Gasteiger partial charge in [0.25, 0.3) is 0 Å². The number of hydrogen-bond acceptors (Lipinski definition) is 3. The van der Waals surface area contributed by atoms with Crippen LogP contribution in [0.1, 0.15) is 34.9 Å². The van der Waals surface area contributed by atoms with E-state index in [9.17, 15) is 5.26 Å². The van der Waals surface area contributed by atoms with Crippen molar-refractivity contribution in [3.05, 3.63) is 40.1 Å². The molecule has 1 aliphatic heterocycles. The molecule has 0 spiro atoms. The molecule has 0 atom stereocenters. The van der Waals surface area contributed by atoms with Crippen LogP contribution in [-0.2, 0) is 13.0 Å². The molecule has 0 saturated carbocycles. The average molecular weight is 265 g/mol. The number of benzene rings is 1. The number of fused-ring (bicyclic) bond motifs is 2. The molecule has 3 rings (SSSR count). The van der Waals surface area contributed by atoms with Crippen molar-refractivity contribution in [2.45, 2.75) is 33.7 Å². The molecule has 0 unspecified atom stereocenters. The molecular formula is C17H19N3. The highest BCUT2D eigenvalue weighted by atomic mass is 15.1. The lowest BCUT2D eigenvalue weighted by Gasteiger charge is -2.28. The Morgan fingerprint density at radius 2 is 2.15 bits per heavy atom. The van der Waals surface area contributed by atoms with Gasteiger partial charge in [0, 0.05) is 36.2 Å². The van der Waals surface area contributed by atoms with Crippen molar-refractivity contribution >= 4 is 10.9 Å². The van der Waals surface area contributed by atoms with E-state index in [1.165, 1.54) is 5.56 Å². The number of aromatic nitrogens is 1. The minimum absolute atomic E-state index is 0.829. The SMILES string of the molecule is CCN1CCc2nc3c(C)cc(C)cc3c(C#N)c2C1. The van der Waals surface area contributed by atoms with E-state index in [1.54, 1.807) is 0 Å². The minimum Gasteiger partial charge on any atom is -0.299 e. The first kappa shape index (κ1) is 13.1. The second kappa shape index (κ2) is 4.88. The van der Waals surface area contributed by atoms with Crippen LogP contribution < -0.4 is 0 Å². The van der Waals surface area contributed by atoms with Crippen LogP contribution in [0.4, 0.5) is 0 Å². The van der Waals surface area contributed by atoms with E-state index in [0.29, 0.717) is 0 Å². The van der Waals surface area contributed by atoms with Crippen LogP contribution in [0.5, 0.6) is 0 Å². The van der Waals surface area contributed by atoms with Gasteiger partial charge in [0.05, 0.1) is 11.1 Å². The molecule has 1 aromatic heterocycles. The van der Waals surface area contributed by atoms with Crippen molar-refractivity contribution in [1.82, 2.24) is 9.88 Å². The van der Waals surface area contributed by atoms with Gasteiger partial charge in [-0.3, -0.25) is 9.88 Å². The van der Waals surface area contributed by atoms with Crippen molar-refractivity contribution < 1.29 is 0 Å². The maximum absolute atomic E-state index is 9.64. The summed E-state index contributed by atoms with van der Waals surface area (Å²) in [4.78, 5) is 7.23. The van der Waals surface area contributed by atoms with E-state index in [1.807, 2.05) is 0 Å². The van der Waals surface area contributed by atoms with Gasteiger partial charge in [-0.25, -0.2) is 0 Å². The Morgan fingerprint density at radius 1 is 1.35 bits per heavy atom. The van der Waals surface area contributed by atoms with Gasteiger partial charge in [0.2, 0.25) is 0 Å². The molecule has 0 radical (unpaired) electrons. The zero-order valence-corrected chi connectivity index (χ0v) is 12.3. The lowest BCUT2D eigenvalue weighted by molar-refractivity contribution is 0.266. The standard InChI is InChI=1S/C17H19N3/c1-4-20-6-5-16-15(10-20)14(9-18)13-8-11(2)7-12(3)17(13)19-16/h7-8H,4-6,10H2,1-3H3. The molecule has 20 heavy (non-hydrogen) atoms. The van der Waals surface area contributed by atoms with Gasteiger partial charge in [-0.1, -0.05) is 18.6 Å². The third kappa shape index (κ3) is 1.97. The Kier molecular flexibility index (Phi) is 3.19. The zero-order chi connectivity index (χ0) is 14.3. The largest absolute Gasteiger partial charge is 0.299 e. The fourth-order valence-electron chi connectivity index (χ4n) is 3.15. The molecule has 0 amide bonds. The number of nitrogens with zero attached hydrogens (tertiary/aromatic N) is 3. The summed E-state index contributed by atoms with van der Waals surface area (Å²) in [6, 6.07) is 6.67. The summed E-state index contributed by atoms with van der Waals surface area (Å²) in [6.07, 6.45) is 0.946. The summed E-state index contributed by atoms with van der Waals surface area (Å²) in [5, 5.41) is 10.7. The Bertz CT molecular complexity index is 725. The smallest absolute Gasteiger partial charge is 0.100 e. The van der Waals surface area contributed by atoms with Gasteiger partial charge in [0.15, 0.2) is 0 Å². The predicted octanol–water partition coefficient (Wildman–Crippen LogP) is 3.10. The lowest BCUT2D eigenvalue weighted by atomic mass is 9.94. The molecular weight excluding hydrogens is 246 g/mol. The second-order valence-electron chi connectivity index (χ2n) is 5.62. The Balaban J connectivity index is 2.32. The lowest BCUT2D eigenvalue weighted by Crippen LogP contribution is -2.31. The van der Waals surface area contributed by atoms with Gasteiger partial charge >= 0.3 is 0 Å². The highest BCUT2D eigenvalue weighted by molar-refractivity contribution is 5.89. The molecule has 2 aromatic rings. The topological polar surface area (TPSA) is 39.9 Å². The fourth-order valence-corrected chi connectivity index (χ4v) is 3.15. The van der Waals surface area contributed by atoms with Crippen molar-refractivity contribution in [3.63, 3.8) is 0 Å². The number of hydrogen-bond donors (Lipinski definition) is 0. The third-order valence-corrected chi connectivity index (χ3v) is 4.22. The van der Waals surface area contributed by atoms with Gasteiger partial charge in [-0.05, 0) is 32.0 Å². The Morgan fingerprint density at radius 3 is 2.85 bits per heavy atom. The van der Waals surface area contributed by atoms with Crippen LogP contribution in [0.15, 0.2) is 12.1 Å². The molecule has 0 N–H and O–H groups in total. The van der Waals surface area contributed by atoms with E-state index in [2.05, 4.69) is 43.9 Å². The first-order valence-corrected chi connectivity index (χ1v) is 7.19. The number of nitriles is 1. The molecule has 2 heterocycles. The monoisotopic (exact) mass is 265 g/mol. The van der Waals surface area contributed by atoms with Crippen molar-refractivity contribution in [2.75, 3.05) is 13.1 Å². The minimum atomic E-state index is 0.829. The molecule has 1 aliphatic rings. The summed E-state index contributed by atoms with van der Waals surface area (Å²) >= 11 is 0. The van der Waals surface area contributed by atoms with Crippen LogP contribution in [0.25, 0.3) is 10.9 Å². The predicted molar refractivity (Wildman–Crippen MR) is 80.6 cm³/mol. The summed E-state index contributed by atoms with van der Waals surface area (Å²) in [5.74, 6) is 0. The summed E-state index contributed by atoms with van der Waals surface area (Å²) in [7, 11) is 0. The van der Waals surface area contributed by atoms with E-state index >= 15 is 0 Å². The molecule has 0 saturated heterocycles. The molecule has 1 aromatic carbocycles. The van der Waals surface area contributed by atoms with E-state index in [-0.39, 0.29) is 0 Å². The Labute approximate surface area is 119 Å². The normalized spacial score (nSPS) is 15.1. The van der Waals surface area contributed by atoms with Crippen molar-refractivity contribution in [1.29, 1.82) is 5.26 Å². The van der Waals surface area contributed by atoms with Gasteiger partial charge in [-0.15, -0.1) is 0 Å². The fraction of sp³-hybridized carbons (Fsp3) is 0.412. The number of pyridine rings is 1. The van der Waals surface area contributed by atoms with Crippen LogP contribution in [0.3, 0.4) is 0 Å². The maximum atomic E-state index is 9.64. The molecule has 3 heteroatoms. The quantitative estimate of drug-likeness (QED) is 0.795. The van der Waals surface area contributed by atoms with Crippen LogP contribution >= 0.6 is 0 Å². The third-order valence-electron chi connectivity index (χ3n) is 4.22. The highest BCUT2D eigenvalue weighted by Gasteiger charge is 2.22. The van der Waals surface area contributed by atoms with Crippen molar-refractivity contribution in [2.24, 2.45) is 0 Å². The van der Waals surface area contributed by atoms with Gasteiger partial charge in [-0.2, -0.15) is 5.26 Å². The maximum Gasteiger partial charge on any atom is 0.100 e. The molecule has 3 nitrogen and oxygen atoms in total. The first-order valence-electron chi connectivity index (χ1n) is 7.19. The number of rotatable bonds is 1. The molecule has 0 fully saturated rings. The average Bonchev–Trinajstić information content (AvgIpc) is 2.44. The zero-order valence-electron chi connectivity index (χ0n) is 12.3. The molecule has 102 valence electrons.